The monoisotopic (exact) mass is 184 g/mol. The number of nitrogens with one attached hydrogen (secondary N) is 1. The van der Waals surface area contributed by atoms with Crippen LogP contribution in [-0.4, -0.2) is 19.2 Å². The summed E-state index contributed by atoms with van der Waals surface area (Å²) in [7, 11) is 1.38. The van der Waals surface area contributed by atoms with Crippen molar-refractivity contribution in [2.75, 3.05) is 12.4 Å². The van der Waals surface area contributed by atoms with Gasteiger partial charge in [0.1, 0.15) is 13.3 Å². The predicted octanol–water partition coefficient (Wildman–Crippen LogP) is 1.32. The highest BCUT2D eigenvalue weighted by molar-refractivity contribution is 7.08. The van der Waals surface area contributed by atoms with Crippen molar-refractivity contribution in [3.05, 3.63) is 16.8 Å². The number of amides is 1. The zero-order valence-corrected chi connectivity index (χ0v) is 7.30. The molecule has 0 unspecified atom stereocenters. The third-order valence-corrected chi connectivity index (χ3v) is 1.75. The average Bonchev–Trinajstić information content (AvgIpc) is 2.53. The van der Waals surface area contributed by atoms with Crippen molar-refractivity contribution >= 4 is 29.1 Å². The first kappa shape index (κ1) is 8.73. The van der Waals surface area contributed by atoms with E-state index in [2.05, 4.69) is 15.3 Å². The Balaban J connectivity index is 2.42. The molecule has 12 heavy (non-hydrogen) atoms. The van der Waals surface area contributed by atoms with Crippen LogP contribution in [0.4, 0.5) is 5.69 Å². The summed E-state index contributed by atoms with van der Waals surface area (Å²) in [6.07, 6.45) is 1.08. The van der Waals surface area contributed by atoms with Crippen LogP contribution in [0.15, 0.2) is 22.0 Å². The van der Waals surface area contributed by atoms with E-state index in [-0.39, 0.29) is 5.91 Å². The maximum absolute atomic E-state index is 10.9. The van der Waals surface area contributed by atoms with Gasteiger partial charge >= 0.3 is 0 Å². The Bertz CT molecular complexity index is 269. The van der Waals surface area contributed by atoms with Gasteiger partial charge < -0.3 is 10.2 Å². The molecule has 0 aromatic carbocycles. The van der Waals surface area contributed by atoms with Gasteiger partial charge in [0.2, 0.25) is 0 Å². The summed E-state index contributed by atoms with van der Waals surface area (Å²) >= 11 is 1.51. The number of hydrogen-bond donors (Lipinski definition) is 1. The Morgan fingerprint density at radius 2 is 2.67 bits per heavy atom. The molecule has 0 bridgehead atoms. The van der Waals surface area contributed by atoms with E-state index in [0.717, 1.165) is 11.9 Å². The van der Waals surface area contributed by atoms with Crippen molar-refractivity contribution in [1.29, 1.82) is 0 Å². The molecule has 1 aromatic heterocycles. The summed E-state index contributed by atoms with van der Waals surface area (Å²) in [5.74, 6) is -0.296. The molecule has 0 spiro atoms. The van der Waals surface area contributed by atoms with E-state index in [1.807, 2.05) is 16.8 Å². The standard InChI is InChI=1S/C7H8N2O2S/c1-11-8-4-7(10)9-6-2-3-12-5-6/h2-5H,1H3,(H,9,10)/b8-4+. The number of thiophene rings is 1. The first-order valence-electron chi connectivity index (χ1n) is 3.22. The smallest absolute Gasteiger partial charge is 0.270 e. The fraction of sp³-hybridized carbons (Fsp3) is 0.143. The van der Waals surface area contributed by atoms with Crippen molar-refractivity contribution in [2.24, 2.45) is 5.16 Å². The van der Waals surface area contributed by atoms with E-state index in [1.54, 1.807) is 0 Å². The number of hydrogen-bond acceptors (Lipinski definition) is 4. The molecule has 0 saturated carbocycles. The molecule has 0 radical (unpaired) electrons. The van der Waals surface area contributed by atoms with E-state index >= 15 is 0 Å². The van der Waals surface area contributed by atoms with Crippen LogP contribution in [0.1, 0.15) is 0 Å². The van der Waals surface area contributed by atoms with Gasteiger partial charge in [0, 0.05) is 5.38 Å². The predicted molar refractivity (Wildman–Crippen MR) is 48.4 cm³/mol. The first-order valence-corrected chi connectivity index (χ1v) is 4.17. The van der Waals surface area contributed by atoms with Crippen LogP contribution in [-0.2, 0) is 9.63 Å². The maximum Gasteiger partial charge on any atom is 0.270 e. The molecular weight excluding hydrogens is 176 g/mol. The van der Waals surface area contributed by atoms with Crippen LogP contribution >= 0.6 is 11.3 Å². The van der Waals surface area contributed by atoms with Gasteiger partial charge in [-0.25, -0.2) is 0 Å². The lowest BCUT2D eigenvalue weighted by Gasteiger charge is -1.94. The summed E-state index contributed by atoms with van der Waals surface area (Å²) in [6.45, 7) is 0. The van der Waals surface area contributed by atoms with E-state index in [4.69, 9.17) is 0 Å². The molecule has 1 N–H and O–H groups in total. The Hall–Kier alpha value is -1.36. The van der Waals surface area contributed by atoms with Crippen LogP contribution in [0.25, 0.3) is 0 Å². The third-order valence-electron chi connectivity index (χ3n) is 1.06. The Morgan fingerprint density at radius 1 is 1.83 bits per heavy atom. The highest BCUT2D eigenvalue weighted by atomic mass is 32.1. The lowest BCUT2D eigenvalue weighted by atomic mass is 10.5. The maximum atomic E-state index is 10.9. The van der Waals surface area contributed by atoms with Crippen molar-refractivity contribution in [2.45, 2.75) is 0 Å². The van der Waals surface area contributed by atoms with Crippen LogP contribution in [0, 0.1) is 0 Å². The van der Waals surface area contributed by atoms with E-state index in [0.29, 0.717) is 0 Å². The van der Waals surface area contributed by atoms with Crippen LogP contribution in [0.3, 0.4) is 0 Å². The van der Waals surface area contributed by atoms with Crippen molar-refractivity contribution in [3.8, 4) is 0 Å². The summed E-state index contributed by atoms with van der Waals surface area (Å²) in [5.41, 5.74) is 0.771. The van der Waals surface area contributed by atoms with Crippen LogP contribution in [0.2, 0.25) is 0 Å². The zero-order chi connectivity index (χ0) is 8.81. The largest absolute Gasteiger partial charge is 0.399 e. The molecule has 1 amide bonds. The minimum absolute atomic E-state index is 0.296. The Kier molecular flexibility index (Phi) is 3.28. The lowest BCUT2D eigenvalue weighted by Crippen LogP contribution is -2.11. The highest BCUT2D eigenvalue weighted by Gasteiger charge is 1.97. The van der Waals surface area contributed by atoms with Gasteiger partial charge in [0.25, 0.3) is 5.91 Å². The molecule has 1 aromatic rings. The molecule has 1 rings (SSSR count). The Morgan fingerprint density at radius 3 is 3.25 bits per heavy atom. The van der Waals surface area contributed by atoms with Crippen molar-refractivity contribution < 1.29 is 9.63 Å². The number of rotatable bonds is 3. The van der Waals surface area contributed by atoms with E-state index in [9.17, 15) is 4.79 Å². The second-order valence-corrected chi connectivity index (χ2v) is 2.70. The van der Waals surface area contributed by atoms with Crippen LogP contribution in [0.5, 0.6) is 0 Å². The fourth-order valence-corrected chi connectivity index (χ4v) is 1.20. The lowest BCUT2D eigenvalue weighted by molar-refractivity contribution is -0.110. The minimum Gasteiger partial charge on any atom is -0.399 e. The van der Waals surface area contributed by atoms with Gasteiger partial charge in [0.15, 0.2) is 0 Å². The molecule has 5 heteroatoms. The molecule has 4 nitrogen and oxygen atoms in total. The number of carbonyl (C=O) groups excluding carboxylic acids is 1. The highest BCUT2D eigenvalue weighted by Crippen LogP contribution is 2.10. The van der Waals surface area contributed by atoms with Gasteiger partial charge in [-0.05, 0) is 11.4 Å². The van der Waals surface area contributed by atoms with E-state index < -0.39 is 0 Å². The topological polar surface area (TPSA) is 50.7 Å². The summed E-state index contributed by atoms with van der Waals surface area (Å²) in [4.78, 5) is 15.3. The van der Waals surface area contributed by atoms with Gasteiger partial charge in [-0.2, -0.15) is 11.3 Å². The third kappa shape index (κ3) is 2.71. The molecule has 64 valence electrons. The molecular formula is C7H8N2O2S. The van der Waals surface area contributed by atoms with Gasteiger partial charge in [0.05, 0.1) is 5.69 Å². The van der Waals surface area contributed by atoms with Crippen molar-refractivity contribution in [1.82, 2.24) is 0 Å². The quantitative estimate of drug-likeness (QED) is 0.569. The molecule has 0 aliphatic rings. The molecule has 0 saturated heterocycles. The zero-order valence-electron chi connectivity index (χ0n) is 6.48. The molecule has 0 aliphatic carbocycles. The summed E-state index contributed by atoms with van der Waals surface area (Å²) in [5, 5.41) is 9.63. The normalized spacial score (nSPS) is 10.1. The van der Waals surface area contributed by atoms with Gasteiger partial charge in [-0.1, -0.05) is 5.16 Å². The van der Waals surface area contributed by atoms with Crippen LogP contribution < -0.4 is 5.32 Å². The average molecular weight is 184 g/mol. The SMILES string of the molecule is CO/N=C/C(=O)Nc1ccsc1. The Labute approximate surface area is 73.8 Å². The second kappa shape index (κ2) is 4.50. The number of nitrogens with zero attached hydrogens (tertiary/aromatic N) is 1. The first-order chi connectivity index (χ1) is 5.83. The number of anilines is 1. The molecule has 0 fully saturated rings. The van der Waals surface area contributed by atoms with Gasteiger partial charge in [-0.3, -0.25) is 4.79 Å². The van der Waals surface area contributed by atoms with Gasteiger partial charge in [-0.15, -0.1) is 0 Å². The second-order valence-electron chi connectivity index (χ2n) is 1.92. The fourth-order valence-electron chi connectivity index (χ4n) is 0.611. The van der Waals surface area contributed by atoms with Crippen molar-refractivity contribution in [3.63, 3.8) is 0 Å². The number of carbonyl (C=O) groups is 1. The molecule has 1 heterocycles. The minimum atomic E-state index is -0.296. The summed E-state index contributed by atoms with van der Waals surface area (Å²) in [6, 6.07) is 1.81. The molecule has 0 aliphatic heterocycles. The molecule has 0 atom stereocenters. The number of oxime groups is 1. The van der Waals surface area contributed by atoms with E-state index in [1.165, 1.54) is 18.4 Å². The summed E-state index contributed by atoms with van der Waals surface area (Å²) < 4.78 is 0.